The van der Waals surface area contributed by atoms with E-state index in [1.54, 1.807) is 4.90 Å². The van der Waals surface area contributed by atoms with Gasteiger partial charge in [0.15, 0.2) is 11.4 Å². The predicted octanol–water partition coefficient (Wildman–Crippen LogP) is 2.18. The molecule has 0 aliphatic carbocycles. The van der Waals surface area contributed by atoms with Crippen molar-refractivity contribution in [2.75, 3.05) is 19.8 Å². The van der Waals surface area contributed by atoms with Gasteiger partial charge in [-0.1, -0.05) is 13.0 Å². The normalized spacial score (nSPS) is 17.2. The molecule has 1 saturated heterocycles. The number of rotatable bonds is 5. The van der Waals surface area contributed by atoms with Gasteiger partial charge in [0.1, 0.15) is 17.2 Å². The number of hydrogen-bond acceptors (Lipinski definition) is 5. The van der Waals surface area contributed by atoms with Crippen molar-refractivity contribution in [2.24, 2.45) is 0 Å². The van der Waals surface area contributed by atoms with Gasteiger partial charge >= 0.3 is 0 Å². The number of benzene rings is 1. The molecular weight excluding hydrogens is 436 g/mol. The summed E-state index contributed by atoms with van der Waals surface area (Å²) >= 11 is 0. The Labute approximate surface area is 188 Å². The Morgan fingerprint density at radius 1 is 1.24 bits per heavy atom. The van der Waals surface area contributed by atoms with Crippen LogP contribution in [0.2, 0.25) is 0 Å². The van der Waals surface area contributed by atoms with Crippen LogP contribution in [-0.2, 0) is 17.8 Å². The van der Waals surface area contributed by atoms with Gasteiger partial charge in [-0.3, -0.25) is 14.4 Å². The summed E-state index contributed by atoms with van der Waals surface area (Å²) < 4.78 is 33.9. The van der Waals surface area contributed by atoms with E-state index in [4.69, 9.17) is 4.74 Å². The summed E-state index contributed by atoms with van der Waals surface area (Å²) in [4.78, 5) is 40.5. The number of carbonyl (C=O) groups is 2. The van der Waals surface area contributed by atoms with Crippen molar-refractivity contribution in [3.05, 3.63) is 63.1 Å². The maximum Gasteiger partial charge on any atom is 0.275 e. The molecule has 0 bridgehead atoms. The first kappa shape index (κ1) is 22.9. The summed E-state index contributed by atoms with van der Waals surface area (Å²) in [5.41, 5.74) is -1.99. The molecule has 2 N–H and O–H groups in total. The maximum absolute atomic E-state index is 13.9. The summed E-state index contributed by atoms with van der Waals surface area (Å²) in [5, 5.41) is 13.0. The van der Waals surface area contributed by atoms with Crippen LogP contribution in [0.15, 0.2) is 29.2 Å². The molecule has 1 fully saturated rings. The number of amides is 2. The highest BCUT2D eigenvalue weighted by atomic mass is 19.1. The van der Waals surface area contributed by atoms with Crippen LogP contribution in [0.25, 0.3) is 0 Å². The van der Waals surface area contributed by atoms with E-state index in [9.17, 15) is 28.3 Å². The third-order valence-electron chi connectivity index (χ3n) is 6.31. The number of hydrogen-bond donors (Lipinski definition) is 2. The Morgan fingerprint density at radius 2 is 1.97 bits per heavy atom. The molecule has 8 nitrogen and oxygen atoms in total. The minimum atomic E-state index is -0.981. The van der Waals surface area contributed by atoms with E-state index in [1.807, 2.05) is 6.92 Å². The summed E-state index contributed by atoms with van der Waals surface area (Å²) in [6.07, 6.45) is 3.17. The highest BCUT2D eigenvalue weighted by Crippen LogP contribution is 2.37. The molecule has 2 aromatic rings. The van der Waals surface area contributed by atoms with Gasteiger partial charge in [0.25, 0.3) is 11.8 Å². The van der Waals surface area contributed by atoms with Crippen molar-refractivity contribution in [1.29, 1.82) is 0 Å². The fraction of sp³-hybridized carbons (Fsp3) is 0.435. The van der Waals surface area contributed by atoms with Crippen LogP contribution >= 0.6 is 0 Å². The van der Waals surface area contributed by atoms with Gasteiger partial charge in [0, 0.05) is 50.7 Å². The molecule has 10 heteroatoms. The van der Waals surface area contributed by atoms with E-state index in [0.717, 1.165) is 6.07 Å². The van der Waals surface area contributed by atoms with Crippen LogP contribution in [-0.4, -0.2) is 51.7 Å². The van der Waals surface area contributed by atoms with Crippen LogP contribution in [0.5, 0.6) is 5.75 Å². The molecule has 1 aromatic heterocycles. The number of ether oxygens (including phenoxy) is 1. The number of carbonyl (C=O) groups excluding carboxylic acids is 2. The van der Waals surface area contributed by atoms with Crippen molar-refractivity contribution >= 4 is 11.8 Å². The maximum atomic E-state index is 13.9. The highest BCUT2D eigenvalue weighted by Gasteiger charge is 2.47. The van der Waals surface area contributed by atoms with Crippen LogP contribution in [0.3, 0.4) is 0 Å². The van der Waals surface area contributed by atoms with Gasteiger partial charge in [-0.05, 0) is 25.3 Å². The van der Waals surface area contributed by atoms with E-state index < -0.39 is 40.2 Å². The van der Waals surface area contributed by atoms with Gasteiger partial charge in [-0.2, -0.15) is 0 Å². The van der Waals surface area contributed by atoms with E-state index >= 15 is 0 Å². The number of fused-ring (bicyclic) bond motifs is 1. The number of nitrogens with zero attached hydrogens (tertiary/aromatic N) is 2. The van der Waals surface area contributed by atoms with E-state index in [1.165, 1.54) is 16.8 Å². The Bertz CT molecular complexity index is 1160. The number of pyridine rings is 1. The number of halogens is 2. The molecule has 1 spiro atoms. The fourth-order valence-corrected chi connectivity index (χ4v) is 4.58. The molecule has 2 aliphatic heterocycles. The summed E-state index contributed by atoms with van der Waals surface area (Å²) in [7, 11) is 0. The first-order valence-electron chi connectivity index (χ1n) is 10.9. The summed E-state index contributed by atoms with van der Waals surface area (Å²) in [5.74, 6) is -3.66. The second-order valence-corrected chi connectivity index (χ2v) is 8.41. The molecule has 0 saturated carbocycles. The SMILES string of the molecule is CCCN1C(=O)c2c(O)c(=O)c(C(=O)NCc3ccc(F)cc3F)cn2CC12CCOCC2. The Kier molecular flexibility index (Phi) is 6.20. The van der Waals surface area contributed by atoms with Crippen molar-refractivity contribution < 1.29 is 28.2 Å². The molecule has 0 radical (unpaired) electrons. The third kappa shape index (κ3) is 4.10. The van der Waals surface area contributed by atoms with Crippen LogP contribution in [0, 0.1) is 11.6 Å². The number of aromatic hydroxyl groups is 1. The van der Waals surface area contributed by atoms with Gasteiger partial charge < -0.3 is 24.6 Å². The van der Waals surface area contributed by atoms with Crippen molar-refractivity contribution in [3.63, 3.8) is 0 Å². The van der Waals surface area contributed by atoms with E-state index in [2.05, 4.69) is 5.32 Å². The summed E-state index contributed by atoms with van der Waals surface area (Å²) in [6.45, 7) is 3.39. The zero-order valence-electron chi connectivity index (χ0n) is 18.2. The Hall–Kier alpha value is -3.27. The topological polar surface area (TPSA) is 101 Å². The average molecular weight is 461 g/mol. The van der Waals surface area contributed by atoms with Crippen LogP contribution < -0.4 is 10.7 Å². The zero-order chi connectivity index (χ0) is 23.8. The highest BCUT2D eigenvalue weighted by molar-refractivity contribution is 5.99. The minimum Gasteiger partial charge on any atom is -0.503 e. The van der Waals surface area contributed by atoms with Gasteiger partial charge in [0.05, 0.1) is 5.54 Å². The first-order chi connectivity index (χ1) is 15.8. The third-order valence-corrected chi connectivity index (χ3v) is 6.31. The zero-order valence-corrected chi connectivity index (χ0v) is 18.2. The monoisotopic (exact) mass is 461 g/mol. The lowest BCUT2D eigenvalue weighted by Crippen LogP contribution is -2.61. The molecule has 176 valence electrons. The molecule has 2 amide bonds. The van der Waals surface area contributed by atoms with Crippen LogP contribution in [0.1, 0.15) is 52.6 Å². The predicted molar refractivity (Wildman–Crippen MR) is 114 cm³/mol. The Balaban J connectivity index is 1.67. The molecule has 3 heterocycles. The molecule has 0 atom stereocenters. The second-order valence-electron chi connectivity index (χ2n) is 8.41. The molecule has 33 heavy (non-hydrogen) atoms. The molecule has 0 unspecified atom stereocenters. The molecular formula is C23H25F2N3O5. The first-order valence-corrected chi connectivity index (χ1v) is 10.9. The summed E-state index contributed by atoms with van der Waals surface area (Å²) in [6, 6.07) is 2.95. The largest absolute Gasteiger partial charge is 0.503 e. The van der Waals surface area contributed by atoms with Crippen molar-refractivity contribution in [3.8, 4) is 5.75 Å². The number of nitrogens with one attached hydrogen (secondary N) is 1. The molecule has 2 aliphatic rings. The lowest BCUT2D eigenvalue weighted by Gasteiger charge is -2.50. The molecule has 1 aromatic carbocycles. The average Bonchev–Trinajstić information content (AvgIpc) is 2.78. The van der Waals surface area contributed by atoms with Crippen LogP contribution in [0.4, 0.5) is 8.78 Å². The molecule has 4 rings (SSSR count). The second kappa shape index (κ2) is 8.93. The smallest absolute Gasteiger partial charge is 0.275 e. The Morgan fingerprint density at radius 3 is 2.64 bits per heavy atom. The lowest BCUT2D eigenvalue weighted by molar-refractivity contribution is -0.0358. The van der Waals surface area contributed by atoms with Gasteiger partial charge in [-0.15, -0.1) is 0 Å². The van der Waals surface area contributed by atoms with Crippen molar-refractivity contribution in [1.82, 2.24) is 14.8 Å². The standard InChI is InChI=1S/C23H25F2N3O5/c1-2-7-28-22(32)18-20(30)19(29)16(12-27(18)13-23(28)5-8-33-9-6-23)21(31)26-11-14-3-4-15(24)10-17(14)25/h3-4,10,12,30H,2,5-9,11,13H2,1H3,(H,26,31). The van der Waals surface area contributed by atoms with E-state index in [0.29, 0.717) is 51.6 Å². The minimum absolute atomic E-state index is 0.0403. The lowest BCUT2D eigenvalue weighted by atomic mass is 9.85. The van der Waals surface area contributed by atoms with E-state index in [-0.39, 0.29) is 23.4 Å². The van der Waals surface area contributed by atoms with Crippen molar-refractivity contribution in [2.45, 2.75) is 44.8 Å². The number of aromatic nitrogens is 1. The van der Waals surface area contributed by atoms with Gasteiger partial charge in [0.2, 0.25) is 5.43 Å². The quantitative estimate of drug-likeness (QED) is 0.711. The van der Waals surface area contributed by atoms with Gasteiger partial charge in [-0.25, -0.2) is 8.78 Å². The fourth-order valence-electron chi connectivity index (χ4n) is 4.58.